The molecule has 0 aromatic rings. The Balaban J connectivity index is 1.67. The van der Waals surface area contributed by atoms with Gasteiger partial charge in [-0.05, 0) is 67.6 Å². The fraction of sp³-hybridized carbons (Fsp3) is 1.00. The highest BCUT2D eigenvalue weighted by atomic mass is 16.5. The van der Waals surface area contributed by atoms with Gasteiger partial charge in [0.25, 0.3) is 0 Å². The molecule has 17 heavy (non-hydrogen) atoms. The molecule has 3 aliphatic carbocycles. The lowest BCUT2D eigenvalue weighted by molar-refractivity contribution is 0.0369. The SMILES string of the molecule is COCCC1CC2C3CCC(COC)(C3)C2C1. The van der Waals surface area contributed by atoms with Gasteiger partial charge in [0.15, 0.2) is 0 Å². The van der Waals surface area contributed by atoms with Crippen LogP contribution in [-0.4, -0.2) is 27.4 Å². The van der Waals surface area contributed by atoms with Gasteiger partial charge in [-0.15, -0.1) is 0 Å². The molecule has 5 unspecified atom stereocenters. The first-order valence-corrected chi connectivity index (χ1v) is 7.27. The molecule has 0 aromatic carbocycles. The van der Waals surface area contributed by atoms with Crippen LogP contribution in [-0.2, 0) is 9.47 Å². The van der Waals surface area contributed by atoms with Gasteiger partial charge >= 0.3 is 0 Å². The summed E-state index contributed by atoms with van der Waals surface area (Å²) in [6, 6.07) is 0. The molecule has 0 N–H and O–H groups in total. The van der Waals surface area contributed by atoms with Crippen molar-refractivity contribution in [1.29, 1.82) is 0 Å². The fourth-order valence-electron chi connectivity index (χ4n) is 5.35. The molecule has 0 aromatic heterocycles. The zero-order chi connectivity index (χ0) is 11.9. The Hall–Kier alpha value is -0.0800. The molecule has 98 valence electrons. The number of hydrogen-bond acceptors (Lipinski definition) is 2. The van der Waals surface area contributed by atoms with E-state index in [0.717, 1.165) is 36.9 Å². The molecule has 0 spiro atoms. The van der Waals surface area contributed by atoms with Crippen LogP contribution >= 0.6 is 0 Å². The van der Waals surface area contributed by atoms with Crippen LogP contribution in [0, 0.1) is 29.1 Å². The number of ether oxygens (including phenoxy) is 2. The lowest BCUT2D eigenvalue weighted by Crippen LogP contribution is -2.31. The van der Waals surface area contributed by atoms with E-state index in [-0.39, 0.29) is 0 Å². The minimum absolute atomic E-state index is 0.575. The van der Waals surface area contributed by atoms with E-state index in [2.05, 4.69) is 0 Å². The Morgan fingerprint density at radius 1 is 1.18 bits per heavy atom. The van der Waals surface area contributed by atoms with Crippen molar-refractivity contribution >= 4 is 0 Å². The lowest BCUT2D eigenvalue weighted by Gasteiger charge is -2.35. The third-order valence-electron chi connectivity index (χ3n) is 5.95. The minimum Gasteiger partial charge on any atom is -0.385 e. The number of methoxy groups -OCH3 is 2. The Labute approximate surface area is 105 Å². The quantitative estimate of drug-likeness (QED) is 0.732. The van der Waals surface area contributed by atoms with Gasteiger partial charge in [0, 0.05) is 20.8 Å². The number of hydrogen-bond donors (Lipinski definition) is 0. The summed E-state index contributed by atoms with van der Waals surface area (Å²) in [5.41, 5.74) is 0.575. The molecule has 2 heteroatoms. The topological polar surface area (TPSA) is 18.5 Å². The maximum Gasteiger partial charge on any atom is 0.0521 e. The van der Waals surface area contributed by atoms with Gasteiger partial charge in [0.05, 0.1) is 6.61 Å². The van der Waals surface area contributed by atoms with Gasteiger partial charge in [-0.25, -0.2) is 0 Å². The fourth-order valence-corrected chi connectivity index (χ4v) is 5.35. The third kappa shape index (κ3) is 1.84. The molecule has 0 aliphatic heterocycles. The van der Waals surface area contributed by atoms with Crippen molar-refractivity contribution in [2.75, 3.05) is 27.4 Å². The Morgan fingerprint density at radius 3 is 2.82 bits per heavy atom. The van der Waals surface area contributed by atoms with E-state index >= 15 is 0 Å². The highest BCUT2D eigenvalue weighted by Crippen LogP contribution is 2.66. The zero-order valence-corrected chi connectivity index (χ0v) is 11.3. The van der Waals surface area contributed by atoms with Crippen molar-refractivity contribution in [3.05, 3.63) is 0 Å². The van der Waals surface area contributed by atoms with Gasteiger partial charge in [-0.2, -0.15) is 0 Å². The molecule has 0 heterocycles. The van der Waals surface area contributed by atoms with Crippen molar-refractivity contribution in [3.8, 4) is 0 Å². The van der Waals surface area contributed by atoms with Crippen molar-refractivity contribution < 1.29 is 9.47 Å². The molecule has 2 bridgehead atoms. The molecule has 3 saturated carbocycles. The molecule has 3 aliphatic rings. The first-order valence-electron chi connectivity index (χ1n) is 7.27. The van der Waals surface area contributed by atoms with Gasteiger partial charge in [-0.1, -0.05) is 0 Å². The molecule has 5 atom stereocenters. The smallest absolute Gasteiger partial charge is 0.0521 e. The third-order valence-corrected chi connectivity index (χ3v) is 5.95. The van der Waals surface area contributed by atoms with Crippen molar-refractivity contribution in [2.24, 2.45) is 29.1 Å². The maximum absolute atomic E-state index is 5.55. The highest BCUT2D eigenvalue weighted by Gasteiger charge is 2.60. The Kier molecular flexibility index (Phi) is 3.20. The van der Waals surface area contributed by atoms with Crippen molar-refractivity contribution in [1.82, 2.24) is 0 Å². The first-order chi connectivity index (χ1) is 8.29. The normalized spacial score (nSPS) is 47.6. The van der Waals surface area contributed by atoms with E-state index in [1.54, 1.807) is 0 Å². The van der Waals surface area contributed by atoms with Crippen LogP contribution in [0.2, 0.25) is 0 Å². The first kappa shape index (κ1) is 12.0. The molecule has 3 fully saturated rings. The average molecular weight is 238 g/mol. The lowest BCUT2D eigenvalue weighted by atomic mass is 9.72. The van der Waals surface area contributed by atoms with Crippen LogP contribution in [0.3, 0.4) is 0 Å². The number of fused-ring (bicyclic) bond motifs is 5. The number of rotatable bonds is 5. The summed E-state index contributed by atoms with van der Waals surface area (Å²) >= 11 is 0. The van der Waals surface area contributed by atoms with Crippen molar-refractivity contribution in [3.63, 3.8) is 0 Å². The van der Waals surface area contributed by atoms with E-state index in [4.69, 9.17) is 9.47 Å². The van der Waals surface area contributed by atoms with E-state index in [1.165, 1.54) is 38.5 Å². The second-order valence-corrected chi connectivity index (χ2v) is 6.69. The van der Waals surface area contributed by atoms with Crippen LogP contribution in [0.25, 0.3) is 0 Å². The van der Waals surface area contributed by atoms with Gasteiger partial charge < -0.3 is 9.47 Å². The van der Waals surface area contributed by atoms with E-state index in [9.17, 15) is 0 Å². The molecular formula is C15H26O2. The Bertz CT molecular complexity index is 278. The van der Waals surface area contributed by atoms with Gasteiger partial charge in [0.1, 0.15) is 0 Å². The molecule has 0 amide bonds. The molecule has 3 rings (SSSR count). The second kappa shape index (κ2) is 4.55. The molecule has 0 saturated heterocycles. The summed E-state index contributed by atoms with van der Waals surface area (Å²) < 4.78 is 10.8. The van der Waals surface area contributed by atoms with Crippen LogP contribution in [0.5, 0.6) is 0 Å². The summed E-state index contributed by atoms with van der Waals surface area (Å²) in [5.74, 6) is 3.97. The van der Waals surface area contributed by atoms with E-state index in [1.807, 2.05) is 14.2 Å². The van der Waals surface area contributed by atoms with Gasteiger partial charge in [0.2, 0.25) is 0 Å². The average Bonchev–Trinajstić information content (AvgIpc) is 2.96. The summed E-state index contributed by atoms with van der Waals surface area (Å²) in [6.45, 7) is 1.97. The Morgan fingerprint density at radius 2 is 2.06 bits per heavy atom. The van der Waals surface area contributed by atoms with Crippen LogP contribution in [0.4, 0.5) is 0 Å². The summed E-state index contributed by atoms with van der Waals surface area (Å²) in [6.07, 6.45) is 8.58. The second-order valence-electron chi connectivity index (χ2n) is 6.69. The zero-order valence-electron chi connectivity index (χ0n) is 11.3. The van der Waals surface area contributed by atoms with E-state index < -0.39 is 0 Å². The van der Waals surface area contributed by atoms with E-state index in [0.29, 0.717) is 5.41 Å². The molecule has 0 radical (unpaired) electrons. The largest absolute Gasteiger partial charge is 0.385 e. The minimum atomic E-state index is 0.575. The van der Waals surface area contributed by atoms with Crippen LogP contribution in [0.1, 0.15) is 38.5 Å². The van der Waals surface area contributed by atoms with Crippen LogP contribution < -0.4 is 0 Å². The maximum atomic E-state index is 5.55. The summed E-state index contributed by atoms with van der Waals surface area (Å²) in [4.78, 5) is 0. The van der Waals surface area contributed by atoms with Crippen molar-refractivity contribution in [2.45, 2.75) is 38.5 Å². The molecular weight excluding hydrogens is 212 g/mol. The summed E-state index contributed by atoms with van der Waals surface area (Å²) in [7, 11) is 3.71. The highest BCUT2D eigenvalue weighted by molar-refractivity contribution is 5.09. The molecule has 2 nitrogen and oxygen atoms in total. The van der Waals surface area contributed by atoms with Gasteiger partial charge in [-0.3, -0.25) is 0 Å². The summed E-state index contributed by atoms with van der Waals surface area (Å²) in [5, 5.41) is 0. The predicted octanol–water partition coefficient (Wildman–Crippen LogP) is 3.11. The van der Waals surface area contributed by atoms with Crippen LogP contribution in [0.15, 0.2) is 0 Å². The standard InChI is InChI=1S/C15H26O2/c1-16-6-4-11-7-13-12-3-5-15(9-12,10-17-2)14(13)8-11/h11-14H,3-10H2,1-2H3. The monoisotopic (exact) mass is 238 g/mol. The predicted molar refractivity (Wildman–Crippen MR) is 67.8 cm³/mol.